The molecule has 0 heterocycles. The molecule has 1 aliphatic carbocycles. The molecule has 3 heteroatoms. The summed E-state index contributed by atoms with van der Waals surface area (Å²) in [6, 6.07) is 4.24. The van der Waals surface area contributed by atoms with Crippen LogP contribution in [-0.4, -0.2) is 7.05 Å². The molecule has 1 aliphatic rings. The van der Waals surface area contributed by atoms with Crippen LogP contribution < -0.4 is 5.32 Å². The van der Waals surface area contributed by atoms with Crippen LogP contribution in [0.3, 0.4) is 0 Å². The van der Waals surface area contributed by atoms with Crippen molar-refractivity contribution in [1.29, 1.82) is 0 Å². The van der Waals surface area contributed by atoms with Crippen molar-refractivity contribution in [1.82, 2.24) is 5.32 Å². The lowest BCUT2D eigenvalue weighted by molar-refractivity contribution is 0.432. The van der Waals surface area contributed by atoms with Crippen molar-refractivity contribution in [3.8, 4) is 0 Å². The van der Waals surface area contributed by atoms with Gasteiger partial charge in [-0.2, -0.15) is 0 Å². The summed E-state index contributed by atoms with van der Waals surface area (Å²) in [7, 11) is 1.87. The fourth-order valence-electron chi connectivity index (χ4n) is 3.31. The summed E-state index contributed by atoms with van der Waals surface area (Å²) < 4.78 is 26.3. The Morgan fingerprint density at radius 1 is 1.06 bits per heavy atom. The summed E-state index contributed by atoms with van der Waals surface area (Å²) >= 11 is 0. The fourth-order valence-corrected chi connectivity index (χ4v) is 3.31. The molecular formula is C15H21F2N. The first kappa shape index (κ1) is 13.5. The minimum Gasteiger partial charge on any atom is -0.313 e. The number of hydrogen-bond acceptors (Lipinski definition) is 1. The number of rotatable bonds is 3. The molecule has 0 saturated heterocycles. The van der Waals surface area contributed by atoms with E-state index in [0.29, 0.717) is 5.92 Å². The quantitative estimate of drug-likeness (QED) is 0.861. The summed E-state index contributed by atoms with van der Waals surface area (Å²) in [5.74, 6) is -1.15. The molecule has 1 aromatic rings. The summed E-state index contributed by atoms with van der Waals surface area (Å²) in [5, 5.41) is 3.25. The van der Waals surface area contributed by atoms with Crippen molar-refractivity contribution in [2.24, 2.45) is 16.7 Å². The molecule has 0 spiro atoms. The lowest BCUT2D eigenvalue weighted by Gasteiger charge is -2.19. The molecule has 0 aliphatic heterocycles. The Hall–Kier alpha value is -0.960. The number of benzene rings is 1. The van der Waals surface area contributed by atoms with Crippen LogP contribution in [0, 0.1) is 28.4 Å². The molecule has 0 radical (unpaired) electrons. The lowest BCUT2D eigenvalue weighted by Crippen LogP contribution is -2.21. The van der Waals surface area contributed by atoms with Crippen LogP contribution in [-0.2, 0) is 0 Å². The second-order valence-corrected chi connectivity index (χ2v) is 6.36. The van der Waals surface area contributed by atoms with Crippen molar-refractivity contribution in [2.75, 3.05) is 7.05 Å². The zero-order chi connectivity index (χ0) is 13.7. The zero-order valence-electron chi connectivity index (χ0n) is 11.6. The van der Waals surface area contributed by atoms with Crippen LogP contribution in [0.25, 0.3) is 0 Å². The number of nitrogens with one attached hydrogen (secondary N) is 1. The summed E-state index contributed by atoms with van der Waals surface area (Å²) in [5.41, 5.74) is 1.22. The van der Waals surface area contributed by atoms with Crippen LogP contribution in [0.15, 0.2) is 18.2 Å². The van der Waals surface area contributed by atoms with E-state index in [2.05, 4.69) is 33.0 Å². The molecule has 0 amide bonds. The Kier molecular flexibility index (Phi) is 3.01. The highest BCUT2D eigenvalue weighted by atomic mass is 19.2. The molecule has 0 bridgehead atoms. The molecule has 1 aromatic carbocycles. The standard InChI is InChI=1S/C15H21F2N/c1-14(2)13(15(14,3)4)12(18-5)9-6-7-10(16)11(17)8-9/h6-8,12-13,18H,1-5H3. The van der Waals surface area contributed by atoms with Gasteiger partial charge in [0.15, 0.2) is 11.6 Å². The van der Waals surface area contributed by atoms with Gasteiger partial charge in [0.25, 0.3) is 0 Å². The zero-order valence-corrected chi connectivity index (χ0v) is 11.6. The van der Waals surface area contributed by atoms with E-state index < -0.39 is 11.6 Å². The maximum absolute atomic E-state index is 13.3. The molecule has 100 valence electrons. The Morgan fingerprint density at radius 3 is 2.00 bits per heavy atom. The molecule has 1 atom stereocenters. The third-order valence-electron chi connectivity index (χ3n) is 5.08. The lowest BCUT2D eigenvalue weighted by atomic mass is 9.96. The third-order valence-corrected chi connectivity index (χ3v) is 5.08. The van der Waals surface area contributed by atoms with E-state index >= 15 is 0 Å². The van der Waals surface area contributed by atoms with Gasteiger partial charge in [0, 0.05) is 6.04 Å². The van der Waals surface area contributed by atoms with Crippen LogP contribution in [0.4, 0.5) is 8.78 Å². The monoisotopic (exact) mass is 253 g/mol. The highest BCUT2D eigenvalue weighted by molar-refractivity contribution is 5.28. The highest BCUT2D eigenvalue weighted by Gasteiger charge is 2.67. The minimum absolute atomic E-state index is 0.0603. The molecule has 2 rings (SSSR count). The fraction of sp³-hybridized carbons (Fsp3) is 0.600. The molecule has 18 heavy (non-hydrogen) atoms. The molecule has 1 N–H and O–H groups in total. The largest absolute Gasteiger partial charge is 0.313 e. The van der Waals surface area contributed by atoms with E-state index in [4.69, 9.17) is 0 Å². The molecule has 1 nitrogen and oxygen atoms in total. The van der Waals surface area contributed by atoms with Gasteiger partial charge in [0.1, 0.15) is 0 Å². The first-order chi connectivity index (χ1) is 8.23. The van der Waals surface area contributed by atoms with E-state index in [1.807, 2.05) is 7.05 Å². The van der Waals surface area contributed by atoms with E-state index in [-0.39, 0.29) is 16.9 Å². The topological polar surface area (TPSA) is 12.0 Å². The maximum atomic E-state index is 13.3. The minimum atomic E-state index is -0.789. The Bertz CT molecular complexity index is 452. The second-order valence-electron chi connectivity index (χ2n) is 6.36. The van der Waals surface area contributed by atoms with Gasteiger partial charge in [0.2, 0.25) is 0 Å². The number of hydrogen-bond donors (Lipinski definition) is 1. The average molecular weight is 253 g/mol. The van der Waals surface area contributed by atoms with Gasteiger partial charge in [-0.05, 0) is 41.5 Å². The van der Waals surface area contributed by atoms with Crippen LogP contribution in [0.1, 0.15) is 39.3 Å². The highest BCUT2D eigenvalue weighted by Crippen LogP contribution is 2.72. The SMILES string of the molecule is CNC(c1ccc(F)c(F)c1)C1C(C)(C)C1(C)C. The smallest absolute Gasteiger partial charge is 0.159 e. The molecule has 1 saturated carbocycles. The predicted octanol–water partition coefficient (Wildman–Crippen LogP) is 3.91. The summed E-state index contributed by atoms with van der Waals surface area (Å²) in [6.07, 6.45) is 0. The van der Waals surface area contributed by atoms with Crippen LogP contribution in [0.5, 0.6) is 0 Å². The molecule has 1 fully saturated rings. The average Bonchev–Trinajstić information content (AvgIpc) is 2.67. The van der Waals surface area contributed by atoms with Gasteiger partial charge < -0.3 is 5.32 Å². The second kappa shape index (κ2) is 4.02. The summed E-state index contributed by atoms with van der Waals surface area (Å²) in [4.78, 5) is 0. The van der Waals surface area contributed by atoms with Crippen molar-refractivity contribution >= 4 is 0 Å². The Morgan fingerprint density at radius 2 is 1.61 bits per heavy atom. The van der Waals surface area contributed by atoms with Gasteiger partial charge in [-0.15, -0.1) is 0 Å². The van der Waals surface area contributed by atoms with Crippen molar-refractivity contribution in [2.45, 2.75) is 33.7 Å². The van der Waals surface area contributed by atoms with Crippen LogP contribution >= 0.6 is 0 Å². The third kappa shape index (κ3) is 1.76. The van der Waals surface area contributed by atoms with Gasteiger partial charge in [-0.3, -0.25) is 0 Å². The first-order valence-electron chi connectivity index (χ1n) is 6.35. The van der Waals surface area contributed by atoms with Gasteiger partial charge in [-0.25, -0.2) is 8.78 Å². The van der Waals surface area contributed by atoms with Crippen molar-refractivity contribution in [3.05, 3.63) is 35.4 Å². The predicted molar refractivity (Wildman–Crippen MR) is 69.2 cm³/mol. The number of halogens is 2. The normalized spacial score (nSPS) is 22.8. The molecule has 0 aromatic heterocycles. The van der Waals surface area contributed by atoms with E-state index in [1.54, 1.807) is 6.07 Å². The molecular weight excluding hydrogens is 232 g/mol. The summed E-state index contributed by atoms with van der Waals surface area (Å²) in [6.45, 7) is 8.90. The van der Waals surface area contributed by atoms with Crippen LogP contribution in [0.2, 0.25) is 0 Å². The first-order valence-corrected chi connectivity index (χ1v) is 6.35. The van der Waals surface area contributed by atoms with Crippen molar-refractivity contribution in [3.63, 3.8) is 0 Å². The van der Waals surface area contributed by atoms with E-state index in [9.17, 15) is 8.78 Å². The van der Waals surface area contributed by atoms with Gasteiger partial charge >= 0.3 is 0 Å². The van der Waals surface area contributed by atoms with E-state index in [1.165, 1.54) is 12.1 Å². The molecule has 1 unspecified atom stereocenters. The van der Waals surface area contributed by atoms with Gasteiger partial charge in [-0.1, -0.05) is 33.8 Å². The van der Waals surface area contributed by atoms with E-state index in [0.717, 1.165) is 5.56 Å². The Labute approximate surface area is 108 Å². The van der Waals surface area contributed by atoms with Crippen molar-refractivity contribution < 1.29 is 8.78 Å². The Balaban J connectivity index is 2.33. The van der Waals surface area contributed by atoms with Gasteiger partial charge in [0.05, 0.1) is 0 Å². The maximum Gasteiger partial charge on any atom is 0.159 e.